The summed E-state index contributed by atoms with van der Waals surface area (Å²) in [4.78, 5) is 20.4. The first-order valence-electron chi connectivity index (χ1n) is 9.01. The number of nitrogens with zero attached hydrogens (tertiary/aromatic N) is 3. The second kappa shape index (κ2) is 7.03. The topological polar surface area (TPSA) is 123 Å². The van der Waals surface area contributed by atoms with Crippen LogP contribution in [0.1, 0.15) is 28.5 Å². The summed E-state index contributed by atoms with van der Waals surface area (Å²) in [5.41, 5.74) is 3.25. The maximum atomic E-state index is 15.4. The zero-order valence-electron chi connectivity index (χ0n) is 15.9. The molecule has 0 radical (unpaired) electrons. The number of amidine groups is 1. The summed E-state index contributed by atoms with van der Waals surface area (Å²) in [6, 6.07) is 8.24. The SMILES string of the molecule is C[C@]1(c2cc(NC(=O)c3ccc(C#N)cn3)ccc2F)N=C(N)OC2(COC2)[C@@H]1F. The molecule has 3 N–H and O–H groups in total. The van der Waals surface area contributed by atoms with E-state index in [1.54, 1.807) is 0 Å². The molecular weight excluding hydrogens is 396 g/mol. The van der Waals surface area contributed by atoms with Gasteiger partial charge < -0.3 is 20.5 Å². The highest BCUT2D eigenvalue weighted by Crippen LogP contribution is 2.45. The fraction of sp³-hybridized carbons (Fsp3) is 0.300. The van der Waals surface area contributed by atoms with Crippen molar-refractivity contribution >= 4 is 17.6 Å². The molecular formula is C20H17F2N5O3. The number of nitriles is 1. The minimum absolute atomic E-state index is 0.0254. The van der Waals surface area contributed by atoms with Gasteiger partial charge >= 0.3 is 0 Å². The number of rotatable bonds is 3. The predicted octanol–water partition coefficient (Wildman–Crippen LogP) is 2.01. The summed E-state index contributed by atoms with van der Waals surface area (Å²) in [6.45, 7) is 1.37. The number of hydrogen-bond acceptors (Lipinski definition) is 7. The summed E-state index contributed by atoms with van der Waals surface area (Å²) < 4.78 is 40.6. The van der Waals surface area contributed by atoms with Crippen LogP contribution >= 0.6 is 0 Å². The van der Waals surface area contributed by atoms with Crippen molar-refractivity contribution in [1.29, 1.82) is 5.26 Å². The standard InChI is InChI=1S/C20H17F2N5O3/c1-19(17(22)20(9-29-10-20)30-18(24)27-19)13-6-12(3-4-14(13)21)26-16(28)15-5-2-11(7-23)8-25-15/h2-6,8,17H,9-10H2,1H3,(H2,24,27)(H,26,28)/t17-,19-/m1/s1. The lowest BCUT2D eigenvalue weighted by atomic mass is 9.76. The van der Waals surface area contributed by atoms with Crippen molar-refractivity contribution in [1.82, 2.24) is 4.98 Å². The summed E-state index contributed by atoms with van der Waals surface area (Å²) in [7, 11) is 0. The second-order valence-corrected chi connectivity index (χ2v) is 7.31. The van der Waals surface area contributed by atoms with Crippen molar-refractivity contribution in [2.24, 2.45) is 10.7 Å². The molecule has 0 bridgehead atoms. The molecule has 1 fully saturated rings. The molecule has 2 aromatic rings. The minimum Gasteiger partial charge on any atom is -0.451 e. The lowest BCUT2D eigenvalue weighted by Crippen LogP contribution is -2.67. The van der Waals surface area contributed by atoms with E-state index in [2.05, 4.69) is 15.3 Å². The van der Waals surface area contributed by atoms with E-state index in [0.29, 0.717) is 5.56 Å². The molecule has 0 saturated carbocycles. The van der Waals surface area contributed by atoms with Crippen molar-refractivity contribution in [2.75, 3.05) is 18.5 Å². The number of nitrogens with one attached hydrogen (secondary N) is 1. The maximum absolute atomic E-state index is 15.4. The average molecular weight is 413 g/mol. The lowest BCUT2D eigenvalue weighted by Gasteiger charge is -2.50. The molecule has 1 aromatic heterocycles. The summed E-state index contributed by atoms with van der Waals surface area (Å²) in [5.74, 6) is -1.28. The van der Waals surface area contributed by atoms with Gasteiger partial charge in [0.1, 0.15) is 23.1 Å². The van der Waals surface area contributed by atoms with Gasteiger partial charge in [-0.3, -0.25) is 4.79 Å². The Balaban J connectivity index is 1.65. The molecule has 1 aromatic carbocycles. The summed E-state index contributed by atoms with van der Waals surface area (Å²) in [6.07, 6.45) is -0.467. The van der Waals surface area contributed by atoms with Crippen LogP contribution in [-0.2, 0) is 15.0 Å². The Morgan fingerprint density at radius 2 is 2.13 bits per heavy atom. The molecule has 0 unspecified atom stereocenters. The van der Waals surface area contributed by atoms with E-state index >= 15 is 4.39 Å². The fourth-order valence-corrected chi connectivity index (χ4v) is 3.57. The Hall–Kier alpha value is -3.58. The largest absolute Gasteiger partial charge is 0.451 e. The Bertz CT molecular complexity index is 1080. The zero-order valence-corrected chi connectivity index (χ0v) is 15.9. The van der Waals surface area contributed by atoms with Gasteiger partial charge in [-0.2, -0.15) is 5.26 Å². The molecule has 2 atom stereocenters. The first kappa shape index (κ1) is 19.7. The van der Waals surface area contributed by atoms with Crippen LogP contribution in [0.4, 0.5) is 14.5 Å². The number of nitrogens with two attached hydrogens (primary N) is 1. The Kier molecular flexibility index (Phi) is 4.63. The summed E-state index contributed by atoms with van der Waals surface area (Å²) >= 11 is 0. The molecule has 8 nitrogen and oxygen atoms in total. The number of amides is 1. The van der Waals surface area contributed by atoms with Crippen LogP contribution in [0.3, 0.4) is 0 Å². The molecule has 2 aliphatic heterocycles. The number of aliphatic imine (C=N–C) groups is 1. The third-order valence-electron chi connectivity index (χ3n) is 5.19. The van der Waals surface area contributed by atoms with Crippen LogP contribution in [-0.4, -0.2) is 41.9 Å². The molecule has 0 aliphatic carbocycles. The van der Waals surface area contributed by atoms with Gasteiger partial charge in [0.05, 0.1) is 18.8 Å². The molecule has 1 amide bonds. The molecule has 1 saturated heterocycles. The van der Waals surface area contributed by atoms with Crippen LogP contribution < -0.4 is 11.1 Å². The monoisotopic (exact) mass is 413 g/mol. The number of alkyl halides is 1. The number of carbonyl (C=O) groups excluding carboxylic acids is 1. The third-order valence-corrected chi connectivity index (χ3v) is 5.19. The molecule has 3 heterocycles. The normalized spacial score (nSPS) is 24.2. The summed E-state index contributed by atoms with van der Waals surface area (Å²) in [5, 5.41) is 11.4. The predicted molar refractivity (Wildman–Crippen MR) is 102 cm³/mol. The van der Waals surface area contributed by atoms with Crippen LogP contribution in [0.5, 0.6) is 0 Å². The van der Waals surface area contributed by atoms with Gasteiger partial charge in [-0.15, -0.1) is 0 Å². The Labute approximate surface area is 170 Å². The fourth-order valence-electron chi connectivity index (χ4n) is 3.57. The zero-order chi connectivity index (χ0) is 21.5. The van der Waals surface area contributed by atoms with Crippen molar-refractivity contribution in [3.05, 3.63) is 59.2 Å². The number of carbonyl (C=O) groups is 1. The highest BCUT2D eigenvalue weighted by Gasteiger charge is 2.61. The van der Waals surface area contributed by atoms with Crippen LogP contribution in [0.25, 0.3) is 0 Å². The number of pyridine rings is 1. The number of aromatic nitrogens is 1. The van der Waals surface area contributed by atoms with Crippen LogP contribution in [0, 0.1) is 17.1 Å². The second-order valence-electron chi connectivity index (χ2n) is 7.31. The number of halogens is 2. The number of ether oxygens (including phenoxy) is 2. The van der Waals surface area contributed by atoms with Crippen LogP contribution in [0.2, 0.25) is 0 Å². The quantitative estimate of drug-likeness (QED) is 0.794. The van der Waals surface area contributed by atoms with E-state index in [1.807, 2.05) is 6.07 Å². The lowest BCUT2D eigenvalue weighted by molar-refractivity contribution is -0.221. The smallest absolute Gasteiger partial charge is 0.283 e. The van der Waals surface area contributed by atoms with Gasteiger partial charge in [0.2, 0.25) is 0 Å². The van der Waals surface area contributed by atoms with Crippen LogP contribution in [0.15, 0.2) is 41.5 Å². The minimum atomic E-state index is -1.73. The first-order chi connectivity index (χ1) is 14.3. The van der Waals surface area contributed by atoms with E-state index in [4.69, 9.17) is 20.5 Å². The van der Waals surface area contributed by atoms with E-state index < -0.39 is 29.0 Å². The third kappa shape index (κ3) is 3.13. The van der Waals surface area contributed by atoms with Gasteiger partial charge in [-0.05, 0) is 37.3 Å². The molecule has 1 spiro atoms. The molecule has 2 aliphatic rings. The van der Waals surface area contributed by atoms with Crippen molar-refractivity contribution < 1.29 is 23.0 Å². The van der Waals surface area contributed by atoms with E-state index in [1.165, 1.54) is 37.4 Å². The van der Waals surface area contributed by atoms with E-state index in [-0.39, 0.29) is 36.2 Å². The maximum Gasteiger partial charge on any atom is 0.283 e. The number of anilines is 1. The molecule has 30 heavy (non-hydrogen) atoms. The van der Waals surface area contributed by atoms with E-state index in [0.717, 1.165) is 6.07 Å². The highest BCUT2D eigenvalue weighted by atomic mass is 19.1. The van der Waals surface area contributed by atoms with Gasteiger partial charge in [0.15, 0.2) is 11.8 Å². The molecule has 154 valence electrons. The van der Waals surface area contributed by atoms with Crippen molar-refractivity contribution in [2.45, 2.75) is 24.2 Å². The van der Waals surface area contributed by atoms with Crippen molar-refractivity contribution in [3.63, 3.8) is 0 Å². The van der Waals surface area contributed by atoms with Gasteiger partial charge in [0.25, 0.3) is 11.9 Å². The number of hydrogen-bond donors (Lipinski definition) is 2. The van der Waals surface area contributed by atoms with Gasteiger partial charge in [-0.25, -0.2) is 18.8 Å². The highest BCUT2D eigenvalue weighted by molar-refractivity contribution is 6.02. The van der Waals surface area contributed by atoms with E-state index in [9.17, 15) is 9.18 Å². The Morgan fingerprint density at radius 1 is 1.37 bits per heavy atom. The Morgan fingerprint density at radius 3 is 2.73 bits per heavy atom. The molecule has 4 rings (SSSR count). The average Bonchev–Trinajstić information content (AvgIpc) is 2.70. The van der Waals surface area contributed by atoms with Gasteiger partial charge in [-0.1, -0.05) is 0 Å². The first-order valence-corrected chi connectivity index (χ1v) is 9.01. The van der Waals surface area contributed by atoms with Gasteiger partial charge in [0, 0.05) is 17.4 Å². The number of benzene rings is 1. The van der Waals surface area contributed by atoms with Crippen molar-refractivity contribution in [3.8, 4) is 6.07 Å². The molecule has 10 heteroatoms.